The van der Waals surface area contributed by atoms with E-state index in [1.807, 2.05) is 0 Å². The van der Waals surface area contributed by atoms with E-state index >= 15 is 0 Å². The molecular formula is C11H19N3O2. The van der Waals surface area contributed by atoms with E-state index in [-0.39, 0.29) is 17.6 Å². The molecule has 16 heavy (non-hydrogen) atoms. The Morgan fingerprint density at radius 1 is 1.38 bits per heavy atom. The summed E-state index contributed by atoms with van der Waals surface area (Å²) in [6.45, 7) is 6.72. The third-order valence-corrected chi connectivity index (χ3v) is 2.76. The maximum atomic E-state index is 5.70. The van der Waals surface area contributed by atoms with Gasteiger partial charge in [-0.15, -0.1) is 0 Å². The van der Waals surface area contributed by atoms with Crippen molar-refractivity contribution < 1.29 is 9.26 Å². The van der Waals surface area contributed by atoms with Crippen molar-refractivity contribution in [2.45, 2.75) is 51.2 Å². The van der Waals surface area contributed by atoms with Crippen LogP contribution in [0.5, 0.6) is 0 Å². The van der Waals surface area contributed by atoms with Gasteiger partial charge >= 0.3 is 0 Å². The van der Waals surface area contributed by atoms with Crippen molar-refractivity contribution in [2.75, 3.05) is 6.54 Å². The van der Waals surface area contributed by atoms with Gasteiger partial charge in [-0.1, -0.05) is 25.9 Å². The van der Waals surface area contributed by atoms with E-state index in [1.165, 1.54) is 0 Å². The summed E-state index contributed by atoms with van der Waals surface area (Å²) in [7, 11) is 0. The minimum Gasteiger partial charge on any atom is -0.364 e. The lowest BCUT2D eigenvalue weighted by Crippen LogP contribution is -2.19. The van der Waals surface area contributed by atoms with E-state index in [4.69, 9.17) is 15.0 Å². The van der Waals surface area contributed by atoms with Crippen molar-refractivity contribution in [2.24, 2.45) is 5.73 Å². The van der Waals surface area contributed by atoms with Crippen LogP contribution in [-0.4, -0.2) is 22.8 Å². The number of hydrogen-bond acceptors (Lipinski definition) is 5. The molecule has 2 N–H and O–H groups in total. The zero-order chi connectivity index (χ0) is 11.8. The highest BCUT2D eigenvalue weighted by Gasteiger charge is 2.31. The van der Waals surface area contributed by atoms with Crippen LogP contribution in [0.15, 0.2) is 4.52 Å². The molecule has 5 heteroatoms. The molecule has 2 atom stereocenters. The zero-order valence-corrected chi connectivity index (χ0v) is 10.1. The van der Waals surface area contributed by atoms with Crippen molar-refractivity contribution in [1.29, 1.82) is 0 Å². The Morgan fingerprint density at radius 3 is 2.62 bits per heavy atom. The Morgan fingerprint density at radius 2 is 2.12 bits per heavy atom. The molecule has 0 bridgehead atoms. The second-order valence-electron chi connectivity index (χ2n) is 5.27. The van der Waals surface area contributed by atoms with Crippen LogP contribution in [-0.2, 0) is 10.2 Å². The van der Waals surface area contributed by atoms with E-state index < -0.39 is 0 Å². The lowest BCUT2D eigenvalue weighted by Gasteiger charge is -2.11. The Kier molecular flexibility index (Phi) is 2.99. The standard InChI is InChI=1S/C11H19N3O2/c1-11(2,3)10-13-9(16-14-10)8-5-4-7(6-12)15-8/h7-8H,4-6,12H2,1-3H3/t7-,8+/m1/s1. The van der Waals surface area contributed by atoms with Crippen LogP contribution in [0, 0.1) is 0 Å². The molecule has 0 aromatic carbocycles. The highest BCUT2D eigenvalue weighted by molar-refractivity contribution is 5.02. The van der Waals surface area contributed by atoms with Gasteiger partial charge in [-0.2, -0.15) is 4.98 Å². The second-order valence-corrected chi connectivity index (χ2v) is 5.27. The molecule has 1 saturated heterocycles. The molecule has 5 nitrogen and oxygen atoms in total. The number of aromatic nitrogens is 2. The van der Waals surface area contributed by atoms with Crippen molar-refractivity contribution in [3.05, 3.63) is 11.7 Å². The summed E-state index contributed by atoms with van der Waals surface area (Å²) in [6, 6.07) is 0. The van der Waals surface area contributed by atoms with Crippen molar-refractivity contribution in [3.63, 3.8) is 0 Å². The van der Waals surface area contributed by atoms with Gasteiger partial charge in [0.1, 0.15) is 6.10 Å². The van der Waals surface area contributed by atoms with E-state index in [9.17, 15) is 0 Å². The van der Waals surface area contributed by atoms with Crippen LogP contribution in [0.3, 0.4) is 0 Å². The predicted octanol–water partition coefficient (Wildman–Crippen LogP) is 1.55. The summed E-state index contributed by atoms with van der Waals surface area (Å²) < 4.78 is 10.9. The summed E-state index contributed by atoms with van der Waals surface area (Å²) in [5, 5.41) is 3.99. The van der Waals surface area contributed by atoms with Crippen molar-refractivity contribution in [1.82, 2.24) is 10.1 Å². The van der Waals surface area contributed by atoms with Crippen LogP contribution >= 0.6 is 0 Å². The SMILES string of the molecule is CC(C)(C)c1noc([C@@H]2CC[C@H](CN)O2)n1. The highest BCUT2D eigenvalue weighted by Crippen LogP contribution is 2.32. The normalized spacial score (nSPS) is 26.2. The summed E-state index contributed by atoms with van der Waals surface area (Å²) in [6.07, 6.45) is 1.94. The first-order valence-corrected chi connectivity index (χ1v) is 5.70. The fourth-order valence-electron chi connectivity index (χ4n) is 1.73. The van der Waals surface area contributed by atoms with Gasteiger partial charge in [-0.3, -0.25) is 0 Å². The van der Waals surface area contributed by atoms with Gasteiger partial charge in [0.25, 0.3) is 5.89 Å². The molecule has 1 aromatic heterocycles. The maximum Gasteiger partial charge on any atom is 0.255 e. The molecule has 1 aliphatic heterocycles. The van der Waals surface area contributed by atoms with Gasteiger partial charge in [-0.05, 0) is 12.8 Å². The maximum absolute atomic E-state index is 5.70. The molecule has 0 radical (unpaired) electrons. The molecule has 2 heterocycles. The summed E-state index contributed by atoms with van der Waals surface area (Å²) >= 11 is 0. The summed E-state index contributed by atoms with van der Waals surface area (Å²) in [5.41, 5.74) is 5.47. The molecule has 1 fully saturated rings. The van der Waals surface area contributed by atoms with E-state index in [2.05, 4.69) is 30.9 Å². The van der Waals surface area contributed by atoms with Crippen LogP contribution in [0.25, 0.3) is 0 Å². The van der Waals surface area contributed by atoms with Gasteiger partial charge in [0.2, 0.25) is 0 Å². The number of nitrogens with zero attached hydrogens (tertiary/aromatic N) is 2. The molecule has 0 amide bonds. The van der Waals surface area contributed by atoms with Gasteiger partial charge in [0.05, 0.1) is 6.10 Å². The average Bonchev–Trinajstić information content (AvgIpc) is 2.85. The fourth-order valence-corrected chi connectivity index (χ4v) is 1.73. The Balaban J connectivity index is 2.08. The molecular weight excluding hydrogens is 206 g/mol. The Bertz CT molecular complexity index is 356. The smallest absolute Gasteiger partial charge is 0.255 e. The minimum absolute atomic E-state index is 0.0721. The minimum atomic E-state index is -0.0897. The number of rotatable bonds is 2. The third kappa shape index (κ3) is 2.25. The summed E-state index contributed by atoms with van der Waals surface area (Å²) in [4.78, 5) is 4.39. The number of nitrogens with two attached hydrogens (primary N) is 1. The van der Waals surface area contributed by atoms with Crippen LogP contribution in [0.4, 0.5) is 0 Å². The molecule has 1 aromatic rings. The molecule has 1 aliphatic rings. The van der Waals surface area contributed by atoms with Crippen molar-refractivity contribution >= 4 is 0 Å². The first-order chi connectivity index (χ1) is 7.50. The zero-order valence-electron chi connectivity index (χ0n) is 10.1. The lowest BCUT2D eigenvalue weighted by atomic mass is 9.96. The molecule has 0 spiro atoms. The second kappa shape index (κ2) is 4.14. The van der Waals surface area contributed by atoms with Gasteiger partial charge in [0.15, 0.2) is 5.82 Å². The van der Waals surface area contributed by atoms with Crippen molar-refractivity contribution in [3.8, 4) is 0 Å². The average molecular weight is 225 g/mol. The molecule has 2 rings (SSSR count). The molecule has 90 valence electrons. The third-order valence-electron chi connectivity index (χ3n) is 2.76. The lowest BCUT2D eigenvalue weighted by molar-refractivity contribution is 0.0307. The topological polar surface area (TPSA) is 74.2 Å². The summed E-state index contributed by atoms with van der Waals surface area (Å²) in [5.74, 6) is 1.31. The van der Waals surface area contributed by atoms with Crippen LogP contribution < -0.4 is 5.73 Å². The van der Waals surface area contributed by atoms with Crippen LogP contribution in [0.2, 0.25) is 0 Å². The first kappa shape index (κ1) is 11.5. The van der Waals surface area contributed by atoms with Crippen LogP contribution in [0.1, 0.15) is 51.4 Å². The van der Waals surface area contributed by atoms with E-state index in [0.717, 1.165) is 18.7 Å². The van der Waals surface area contributed by atoms with E-state index in [0.29, 0.717) is 12.4 Å². The monoisotopic (exact) mass is 225 g/mol. The number of ether oxygens (including phenoxy) is 1. The van der Waals surface area contributed by atoms with Gasteiger partial charge in [-0.25, -0.2) is 0 Å². The quantitative estimate of drug-likeness (QED) is 0.826. The molecule has 0 saturated carbocycles. The van der Waals surface area contributed by atoms with E-state index in [1.54, 1.807) is 0 Å². The first-order valence-electron chi connectivity index (χ1n) is 5.70. The van der Waals surface area contributed by atoms with Gasteiger partial charge in [0, 0.05) is 12.0 Å². The Hall–Kier alpha value is -0.940. The Labute approximate surface area is 95.3 Å². The highest BCUT2D eigenvalue weighted by atomic mass is 16.5. The molecule has 0 aliphatic carbocycles. The predicted molar refractivity (Wildman–Crippen MR) is 58.9 cm³/mol. The molecule has 0 unspecified atom stereocenters. The fraction of sp³-hybridized carbons (Fsp3) is 0.818. The van der Waals surface area contributed by atoms with Gasteiger partial charge < -0.3 is 15.0 Å². The largest absolute Gasteiger partial charge is 0.364 e. The number of hydrogen-bond donors (Lipinski definition) is 1.